The number of aliphatic imine (C=N–C) groups is 1. The Bertz CT molecular complexity index is 884. The lowest BCUT2D eigenvalue weighted by molar-refractivity contribution is 0.798. The highest BCUT2D eigenvalue weighted by atomic mass is 127. The summed E-state index contributed by atoms with van der Waals surface area (Å²) in [5.41, 5.74) is 3.86. The third-order valence-corrected chi connectivity index (χ3v) is 5.28. The van der Waals surface area contributed by atoms with Crippen molar-refractivity contribution in [3.05, 3.63) is 51.6 Å². The molecule has 0 unspecified atom stereocenters. The van der Waals surface area contributed by atoms with Crippen molar-refractivity contribution in [3.8, 4) is 0 Å². The van der Waals surface area contributed by atoms with Gasteiger partial charge in [-0.25, -0.2) is 4.98 Å². The third kappa shape index (κ3) is 5.93. The van der Waals surface area contributed by atoms with Crippen molar-refractivity contribution in [1.82, 2.24) is 20.6 Å². The van der Waals surface area contributed by atoms with Crippen molar-refractivity contribution in [1.29, 1.82) is 0 Å². The summed E-state index contributed by atoms with van der Waals surface area (Å²) >= 11 is 1.75. The van der Waals surface area contributed by atoms with Gasteiger partial charge >= 0.3 is 0 Å². The summed E-state index contributed by atoms with van der Waals surface area (Å²) in [6.07, 6.45) is 5.89. The highest BCUT2D eigenvalue weighted by Gasteiger charge is 2.06. The van der Waals surface area contributed by atoms with Crippen LogP contribution in [-0.2, 0) is 12.8 Å². The maximum Gasteiger partial charge on any atom is 0.191 e. The molecule has 27 heavy (non-hydrogen) atoms. The van der Waals surface area contributed by atoms with Gasteiger partial charge in [0.05, 0.1) is 5.01 Å². The number of aromatic amines is 1. The molecule has 7 heteroatoms. The first-order chi connectivity index (χ1) is 12.7. The van der Waals surface area contributed by atoms with Gasteiger partial charge in [-0.15, -0.1) is 35.3 Å². The molecule has 0 radical (unpaired) electrons. The van der Waals surface area contributed by atoms with E-state index >= 15 is 0 Å². The minimum absolute atomic E-state index is 0. The summed E-state index contributed by atoms with van der Waals surface area (Å²) in [6.45, 7) is 8.76. The van der Waals surface area contributed by atoms with Gasteiger partial charge in [-0.2, -0.15) is 0 Å². The Morgan fingerprint density at radius 2 is 2.07 bits per heavy atom. The summed E-state index contributed by atoms with van der Waals surface area (Å²) in [7, 11) is 0. The Hall–Kier alpha value is -1.61. The van der Waals surface area contributed by atoms with Crippen molar-refractivity contribution in [3.63, 3.8) is 0 Å². The fraction of sp³-hybridized carbons (Fsp3) is 0.400. The summed E-state index contributed by atoms with van der Waals surface area (Å²) in [5.74, 6) is 0.872. The zero-order valence-electron chi connectivity index (χ0n) is 16.1. The number of nitrogens with one attached hydrogen (secondary N) is 3. The second-order valence-electron chi connectivity index (χ2n) is 6.36. The number of aromatic nitrogens is 2. The van der Waals surface area contributed by atoms with Gasteiger partial charge in [-0.3, -0.25) is 4.99 Å². The van der Waals surface area contributed by atoms with Gasteiger partial charge in [-0.05, 0) is 38.3 Å². The van der Waals surface area contributed by atoms with Crippen LogP contribution in [0.3, 0.4) is 0 Å². The maximum absolute atomic E-state index is 4.67. The van der Waals surface area contributed by atoms with Crippen molar-refractivity contribution in [2.45, 2.75) is 33.6 Å². The van der Waals surface area contributed by atoms with E-state index in [1.54, 1.807) is 11.3 Å². The number of benzene rings is 1. The number of thiazole rings is 1. The van der Waals surface area contributed by atoms with E-state index in [9.17, 15) is 0 Å². The van der Waals surface area contributed by atoms with E-state index in [0.717, 1.165) is 43.4 Å². The topological polar surface area (TPSA) is 65.1 Å². The summed E-state index contributed by atoms with van der Waals surface area (Å²) in [6, 6.07) is 6.44. The molecule has 0 aliphatic rings. The van der Waals surface area contributed by atoms with Gasteiger partial charge in [0.2, 0.25) is 0 Å². The largest absolute Gasteiger partial charge is 0.361 e. The van der Waals surface area contributed by atoms with Crippen LogP contribution in [-0.4, -0.2) is 35.6 Å². The van der Waals surface area contributed by atoms with Crippen LogP contribution < -0.4 is 10.6 Å². The molecule has 0 saturated carbocycles. The van der Waals surface area contributed by atoms with Crippen molar-refractivity contribution in [2.75, 3.05) is 19.6 Å². The van der Waals surface area contributed by atoms with E-state index in [2.05, 4.69) is 70.8 Å². The fourth-order valence-electron chi connectivity index (χ4n) is 3.01. The molecule has 0 atom stereocenters. The molecule has 3 rings (SSSR count). The van der Waals surface area contributed by atoms with Gasteiger partial charge in [0.25, 0.3) is 0 Å². The number of nitrogens with zero attached hydrogens (tertiary/aromatic N) is 2. The standard InChI is InChI=1S/C20H27N5S.HI/c1-4-21-20(23-11-9-18-24-12-15(3)26-18)22-10-8-16-13-25-19-14(2)6-5-7-17(16)19;/h5-7,12-13,25H,4,8-11H2,1-3H3,(H2,21,22,23);1H. The molecule has 0 bridgehead atoms. The van der Waals surface area contributed by atoms with Crippen LogP contribution in [0.1, 0.15) is 27.9 Å². The highest BCUT2D eigenvalue weighted by molar-refractivity contribution is 14.0. The van der Waals surface area contributed by atoms with Crippen molar-refractivity contribution in [2.24, 2.45) is 4.99 Å². The molecule has 146 valence electrons. The summed E-state index contributed by atoms with van der Waals surface area (Å²) in [5, 5.41) is 9.21. The van der Waals surface area contributed by atoms with Crippen LogP contribution in [0.5, 0.6) is 0 Å². The minimum atomic E-state index is 0. The molecule has 0 aliphatic heterocycles. The molecule has 0 fully saturated rings. The molecule has 3 aromatic rings. The van der Waals surface area contributed by atoms with Crippen LogP contribution >= 0.6 is 35.3 Å². The molecule has 2 heterocycles. The fourth-order valence-corrected chi connectivity index (χ4v) is 3.78. The molecule has 0 amide bonds. The first-order valence-corrected chi connectivity index (χ1v) is 9.98. The number of fused-ring (bicyclic) bond motifs is 1. The Morgan fingerprint density at radius 1 is 1.22 bits per heavy atom. The predicted molar refractivity (Wildman–Crippen MR) is 127 cm³/mol. The van der Waals surface area contributed by atoms with Gasteiger partial charge in [0.1, 0.15) is 0 Å². The second kappa shape index (κ2) is 10.7. The lowest BCUT2D eigenvalue weighted by Gasteiger charge is -2.11. The van der Waals surface area contributed by atoms with Crippen LogP contribution in [0, 0.1) is 13.8 Å². The monoisotopic (exact) mass is 497 g/mol. The average Bonchev–Trinajstić information content (AvgIpc) is 3.22. The molecular weight excluding hydrogens is 469 g/mol. The SMILES string of the molecule is CCNC(=NCCc1ncc(C)s1)NCCc1c[nH]c2c(C)cccc12.I. The normalized spacial score (nSPS) is 11.4. The molecule has 5 nitrogen and oxygen atoms in total. The molecule has 0 spiro atoms. The van der Waals surface area contributed by atoms with Crippen molar-refractivity contribution >= 4 is 52.2 Å². The number of hydrogen-bond donors (Lipinski definition) is 3. The average molecular weight is 497 g/mol. The van der Waals surface area contributed by atoms with Crippen LogP contribution in [0.4, 0.5) is 0 Å². The molecule has 0 saturated heterocycles. The number of rotatable bonds is 7. The third-order valence-electron chi connectivity index (χ3n) is 4.31. The predicted octanol–water partition coefficient (Wildman–Crippen LogP) is 4.20. The Labute approximate surface area is 182 Å². The van der Waals surface area contributed by atoms with Gasteiger partial charge in [-0.1, -0.05) is 18.2 Å². The van der Waals surface area contributed by atoms with E-state index < -0.39 is 0 Å². The van der Waals surface area contributed by atoms with Crippen LogP contribution in [0.25, 0.3) is 10.9 Å². The number of hydrogen-bond acceptors (Lipinski definition) is 3. The maximum atomic E-state index is 4.67. The van der Waals surface area contributed by atoms with Gasteiger partial charge in [0.15, 0.2) is 5.96 Å². The number of para-hydroxylation sites is 1. The number of halogens is 1. The zero-order valence-corrected chi connectivity index (χ0v) is 19.3. The Balaban J connectivity index is 0.00000261. The van der Waals surface area contributed by atoms with E-state index in [0.29, 0.717) is 0 Å². The molecular formula is C20H28IN5S. The highest BCUT2D eigenvalue weighted by Crippen LogP contribution is 2.21. The number of aryl methyl sites for hydroxylation is 2. The summed E-state index contributed by atoms with van der Waals surface area (Å²) in [4.78, 5) is 13.7. The number of guanidine groups is 1. The van der Waals surface area contributed by atoms with Crippen LogP contribution in [0.15, 0.2) is 35.6 Å². The lowest BCUT2D eigenvalue weighted by Crippen LogP contribution is -2.38. The van der Waals surface area contributed by atoms with Crippen LogP contribution in [0.2, 0.25) is 0 Å². The quantitative estimate of drug-likeness (QED) is 0.261. The Kier molecular flexibility index (Phi) is 8.56. The number of H-pyrrole nitrogens is 1. The summed E-state index contributed by atoms with van der Waals surface area (Å²) < 4.78 is 0. The molecule has 0 aliphatic carbocycles. The first-order valence-electron chi connectivity index (χ1n) is 9.16. The lowest BCUT2D eigenvalue weighted by atomic mass is 10.1. The van der Waals surface area contributed by atoms with E-state index in [1.807, 2.05) is 6.20 Å². The molecule has 3 N–H and O–H groups in total. The van der Waals surface area contributed by atoms with E-state index in [-0.39, 0.29) is 24.0 Å². The molecule has 2 aromatic heterocycles. The van der Waals surface area contributed by atoms with Crippen molar-refractivity contribution < 1.29 is 0 Å². The minimum Gasteiger partial charge on any atom is -0.361 e. The molecule has 1 aromatic carbocycles. The van der Waals surface area contributed by atoms with Gasteiger partial charge in [0, 0.05) is 54.2 Å². The van der Waals surface area contributed by atoms with Gasteiger partial charge < -0.3 is 15.6 Å². The zero-order chi connectivity index (χ0) is 18.4. The second-order valence-corrected chi connectivity index (χ2v) is 7.68. The van der Waals surface area contributed by atoms with E-state index in [1.165, 1.54) is 26.9 Å². The Morgan fingerprint density at radius 3 is 2.81 bits per heavy atom. The first kappa shape index (κ1) is 21.7. The smallest absolute Gasteiger partial charge is 0.191 e. The van der Waals surface area contributed by atoms with E-state index in [4.69, 9.17) is 0 Å².